The Kier molecular flexibility index (Phi) is 4.92. The molecule has 1 heterocycles. The van der Waals surface area contributed by atoms with Crippen LogP contribution in [0.2, 0.25) is 0 Å². The minimum atomic E-state index is -1.47. The number of rotatable bonds is 6. The van der Waals surface area contributed by atoms with E-state index in [-0.39, 0.29) is 0 Å². The third kappa shape index (κ3) is 2.56. The van der Waals surface area contributed by atoms with E-state index in [0.29, 0.717) is 5.76 Å². The Bertz CT molecular complexity index is 690. The summed E-state index contributed by atoms with van der Waals surface area (Å²) in [4.78, 5) is 0. The van der Waals surface area contributed by atoms with Crippen LogP contribution < -0.4 is 0 Å². The lowest BCUT2D eigenvalue weighted by molar-refractivity contribution is -0.525. The predicted octanol–water partition coefficient (Wildman–Crippen LogP) is 3.41. The van der Waals surface area contributed by atoms with Crippen LogP contribution in [0.4, 0.5) is 0 Å². The lowest BCUT2D eigenvalue weighted by Gasteiger charge is -2.54. The third-order valence-corrected chi connectivity index (χ3v) is 4.40. The van der Waals surface area contributed by atoms with Crippen LogP contribution in [0.25, 0.3) is 5.57 Å². The summed E-state index contributed by atoms with van der Waals surface area (Å²) < 4.78 is 28.3. The average molecular weight is 342 g/mol. The zero-order chi connectivity index (χ0) is 17.9. The summed E-state index contributed by atoms with van der Waals surface area (Å²) in [6.07, 6.45) is 0. The highest BCUT2D eigenvalue weighted by molar-refractivity contribution is 5.83. The zero-order valence-corrected chi connectivity index (χ0v) is 14.8. The van der Waals surface area contributed by atoms with Gasteiger partial charge in [0.15, 0.2) is 5.76 Å². The van der Waals surface area contributed by atoms with E-state index in [1.54, 1.807) is 0 Å². The summed E-state index contributed by atoms with van der Waals surface area (Å²) in [6, 6.07) is 19.8. The van der Waals surface area contributed by atoms with Crippen LogP contribution in [-0.4, -0.2) is 40.2 Å². The molecule has 1 aliphatic rings. The van der Waals surface area contributed by atoms with Crippen molar-refractivity contribution in [2.24, 2.45) is 0 Å². The smallest absolute Gasteiger partial charge is 0.392 e. The lowest BCUT2D eigenvalue weighted by atomic mass is 9.90. The van der Waals surface area contributed by atoms with Gasteiger partial charge in [-0.1, -0.05) is 60.7 Å². The summed E-state index contributed by atoms with van der Waals surface area (Å²) >= 11 is 0. The number of hydrogen-bond acceptors (Lipinski definition) is 5. The van der Waals surface area contributed by atoms with Crippen molar-refractivity contribution in [1.29, 1.82) is 0 Å². The topological polar surface area (TPSA) is 46.2 Å². The van der Waals surface area contributed by atoms with Gasteiger partial charge in [-0.05, 0) is 11.1 Å². The fourth-order valence-electron chi connectivity index (χ4n) is 3.17. The van der Waals surface area contributed by atoms with Gasteiger partial charge in [0.25, 0.3) is 0 Å². The first-order valence-electron chi connectivity index (χ1n) is 7.93. The monoisotopic (exact) mass is 342 g/mol. The molecule has 0 aliphatic carbocycles. The third-order valence-electron chi connectivity index (χ3n) is 4.40. The molecule has 1 saturated heterocycles. The molecule has 0 aromatic heterocycles. The fourth-order valence-corrected chi connectivity index (χ4v) is 3.17. The number of methoxy groups -OCH3 is 4. The molecule has 2 aromatic rings. The Morgan fingerprint density at radius 2 is 1.12 bits per heavy atom. The van der Waals surface area contributed by atoms with Crippen LogP contribution in [0.3, 0.4) is 0 Å². The molecule has 0 bridgehead atoms. The first-order chi connectivity index (χ1) is 12.2. The molecule has 0 unspecified atom stereocenters. The highest BCUT2D eigenvalue weighted by atomic mass is 16.9. The van der Waals surface area contributed by atoms with Gasteiger partial charge in [-0.2, -0.15) is 0 Å². The van der Waals surface area contributed by atoms with Crippen LogP contribution in [0, 0.1) is 0 Å². The Labute approximate surface area is 147 Å². The van der Waals surface area contributed by atoms with Gasteiger partial charge in [-0.3, -0.25) is 0 Å². The summed E-state index contributed by atoms with van der Waals surface area (Å²) in [5.41, 5.74) is 2.81. The Balaban J connectivity index is 2.25. The van der Waals surface area contributed by atoms with Gasteiger partial charge in [0.1, 0.15) is 0 Å². The van der Waals surface area contributed by atoms with E-state index >= 15 is 0 Å². The molecule has 0 N–H and O–H groups in total. The van der Waals surface area contributed by atoms with Crippen molar-refractivity contribution in [2.75, 3.05) is 28.4 Å². The van der Waals surface area contributed by atoms with E-state index in [2.05, 4.69) is 0 Å². The summed E-state index contributed by atoms with van der Waals surface area (Å²) in [7, 11) is 6.04. The van der Waals surface area contributed by atoms with E-state index in [9.17, 15) is 0 Å². The molecule has 2 aromatic carbocycles. The van der Waals surface area contributed by atoms with Gasteiger partial charge in [0.05, 0.1) is 0 Å². The van der Waals surface area contributed by atoms with Crippen LogP contribution in [0.5, 0.6) is 0 Å². The minimum Gasteiger partial charge on any atom is -0.432 e. The SMILES string of the molecule is COC1(OC)OC(=C(c2ccccc2)c2ccccc2)C1(OC)OC. The number of hydrogen-bond donors (Lipinski definition) is 0. The second kappa shape index (κ2) is 6.98. The van der Waals surface area contributed by atoms with Gasteiger partial charge < -0.3 is 23.7 Å². The summed E-state index contributed by atoms with van der Waals surface area (Å²) in [5.74, 6) is -2.29. The van der Waals surface area contributed by atoms with Crippen molar-refractivity contribution in [1.82, 2.24) is 0 Å². The standard InChI is InChI=1S/C20H22O5/c1-21-19(22-2)18(25-20(19,23-3)24-4)17(15-11-7-5-8-12-15)16-13-9-6-10-14-16/h5-14H,1-4H3. The lowest BCUT2D eigenvalue weighted by Crippen LogP contribution is -2.71. The van der Waals surface area contributed by atoms with Crippen molar-refractivity contribution < 1.29 is 23.7 Å². The highest BCUT2D eigenvalue weighted by Crippen LogP contribution is 2.53. The number of ether oxygens (including phenoxy) is 5. The first kappa shape index (κ1) is 17.6. The van der Waals surface area contributed by atoms with Crippen molar-refractivity contribution in [3.05, 3.63) is 77.5 Å². The van der Waals surface area contributed by atoms with E-state index in [1.165, 1.54) is 28.4 Å². The maximum Gasteiger partial charge on any atom is 0.392 e. The Hall–Kier alpha value is -2.18. The molecule has 0 amide bonds. The van der Waals surface area contributed by atoms with Crippen LogP contribution in [-0.2, 0) is 23.7 Å². The maximum atomic E-state index is 5.98. The van der Waals surface area contributed by atoms with E-state index < -0.39 is 11.8 Å². The Morgan fingerprint density at radius 1 is 0.680 bits per heavy atom. The van der Waals surface area contributed by atoms with E-state index in [0.717, 1.165) is 16.7 Å². The molecule has 132 valence electrons. The quantitative estimate of drug-likeness (QED) is 0.753. The van der Waals surface area contributed by atoms with Gasteiger partial charge in [0, 0.05) is 34.0 Å². The van der Waals surface area contributed by atoms with Gasteiger partial charge in [-0.15, -0.1) is 0 Å². The largest absolute Gasteiger partial charge is 0.432 e. The fraction of sp³-hybridized carbons (Fsp3) is 0.300. The van der Waals surface area contributed by atoms with Crippen LogP contribution >= 0.6 is 0 Å². The normalized spacial score (nSPS) is 17.5. The highest BCUT2D eigenvalue weighted by Gasteiger charge is 2.72. The second-order valence-electron chi connectivity index (χ2n) is 5.53. The molecule has 5 heteroatoms. The second-order valence-corrected chi connectivity index (χ2v) is 5.53. The molecule has 0 spiro atoms. The number of benzene rings is 2. The predicted molar refractivity (Wildman–Crippen MR) is 93.5 cm³/mol. The van der Waals surface area contributed by atoms with Crippen LogP contribution in [0.15, 0.2) is 66.4 Å². The van der Waals surface area contributed by atoms with E-state index in [4.69, 9.17) is 23.7 Å². The average Bonchev–Trinajstić information content (AvgIpc) is 2.67. The first-order valence-corrected chi connectivity index (χ1v) is 7.93. The Morgan fingerprint density at radius 3 is 1.48 bits per heavy atom. The van der Waals surface area contributed by atoms with Crippen molar-refractivity contribution in [2.45, 2.75) is 11.8 Å². The van der Waals surface area contributed by atoms with E-state index in [1.807, 2.05) is 60.7 Å². The minimum absolute atomic E-state index is 0.499. The van der Waals surface area contributed by atoms with Gasteiger partial charge in [0.2, 0.25) is 0 Å². The van der Waals surface area contributed by atoms with Crippen molar-refractivity contribution in [3.8, 4) is 0 Å². The molecule has 3 rings (SSSR count). The molecular weight excluding hydrogens is 320 g/mol. The zero-order valence-electron chi connectivity index (χ0n) is 14.8. The molecule has 0 saturated carbocycles. The molecule has 0 radical (unpaired) electrons. The molecule has 25 heavy (non-hydrogen) atoms. The van der Waals surface area contributed by atoms with Gasteiger partial charge in [-0.25, -0.2) is 0 Å². The molecule has 0 atom stereocenters. The van der Waals surface area contributed by atoms with Crippen molar-refractivity contribution >= 4 is 5.57 Å². The van der Waals surface area contributed by atoms with Crippen molar-refractivity contribution in [3.63, 3.8) is 0 Å². The maximum absolute atomic E-state index is 5.98. The van der Waals surface area contributed by atoms with Crippen LogP contribution in [0.1, 0.15) is 11.1 Å². The van der Waals surface area contributed by atoms with Gasteiger partial charge >= 0.3 is 11.8 Å². The molecule has 1 aliphatic heterocycles. The molecule has 5 nitrogen and oxygen atoms in total. The summed E-state index contributed by atoms with van der Waals surface area (Å²) in [6.45, 7) is 0. The summed E-state index contributed by atoms with van der Waals surface area (Å²) in [5, 5.41) is 0. The molecular formula is C20H22O5. The molecule has 1 fully saturated rings.